The van der Waals surface area contributed by atoms with Gasteiger partial charge in [0, 0.05) is 32.2 Å². The van der Waals surface area contributed by atoms with Crippen molar-refractivity contribution < 1.29 is 13.6 Å². The summed E-state index contributed by atoms with van der Waals surface area (Å²) in [5.41, 5.74) is 0.775. The lowest BCUT2D eigenvalue weighted by Crippen LogP contribution is -2.47. The Kier molecular flexibility index (Phi) is 6.69. The number of rotatable bonds is 6. The van der Waals surface area contributed by atoms with E-state index in [0.29, 0.717) is 12.6 Å². The van der Waals surface area contributed by atoms with E-state index in [0.717, 1.165) is 31.5 Å². The SMILES string of the molecule is CNC(=O)CN1CCC(N[C@@H](c2ccc(F)c(F)c2)C(C)C)CC1. The summed E-state index contributed by atoms with van der Waals surface area (Å²) in [6.45, 7) is 6.28. The zero-order valence-electron chi connectivity index (χ0n) is 14.6. The molecule has 0 spiro atoms. The number of hydrogen-bond donors (Lipinski definition) is 2. The van der Waals surface area contributed by atoms with Gasteiger partial charge in [0.2, 0.25) is 5.91 Å². The van der Waals surface area contributed by atoms with Gasteiger partial charge >= 0.3 is 0 Å². The van der Waals surface area contributed by atoms with Crippen molar-refractivity contribution in [2.24, 2.45) is 5.92 Å². The average Bonchev–Trinajstić information content (AvgIpc) is 2.56. The fourth-order valence-corrected chi connectivity index (χ4v) is 3.17. The van der Waals surface area contributed by atoms with E-state index in [1.165, 1.54) is 12.1 Å². The highest BCUT2D eigenvalue weighted by Gasteiger charge is 2.25. The molecule has 1 fully saturated rings. The maximum atomic E-state index is 13.5. The van der Waals surface area contributed by atoms with Gasteiger partial charge in [-0.2, -0.15) is 0 Å². The van der Waals surface area contributed by atoms with Crippen LogP contribution in [0.25, 0.3) is 0 Å². The Morgan fingerprint density at radius 2 is 1.92 bits per heavy atom. The van der Waals surface area contributed by atoms with E-state index < -0.39 is 11.6 Å². The molecule has 4 nitrogen and oxygen atoms in total. The molecule has 1 aromatic rings. The molecule has 2 rings (SSSR count). The van der Waals surface area contributed by atoms with E-state index in [1.807, 2.05) is 0 Å². The molecule has 1 saturated heterocycles. The van der Waals surface area contributed by atoms with Crippen LogP contribution in [0.15, 0.2) is 18.2 Å². The lowest BCUT2D eigenvalue weighted by molar-refractivity contribution is -0.122. The first kappa shape index (κ1) is 18.8. The average molecular weight is 339 g/mol. The van der Waals surface area contributed by atoms with Gasteiger partial charge in [0.1, 0.15) is 0 Å². The van der Waals surface area contributed by atoms with Crippen LogP contribution in [0.5, 0.6) is 0 Å². The fourth-order valence-electron chi connectivity index (χ4n) is 3.17. The Morgan fingerprint density at radius 1 is 1.25 bits per heavy atom. The Morgan fingerprint density at radius 3 is 2.46 bits per heavy atom. The van der Waals surface area contributed by atoms with Crippen LogP contribution in [0.4, 0.5) is 8.78 Å². The molecule has 1 heterocycles. The fraction of sp³-hybridized carbons (Fsp3) is 0.611. The summed E-state index contributed by atoms with van der Waals surface area (Å²) in [5.74, 6) is -1.33. The molecule has 0 radical (unpaired) electrons. The molecule has 2 N–H and O–H groups in total. The minimum Gasteiger partial charge on any atom is -0.358 e. The van der Waals surface area contributed by atoms with E-state index >= 15 is 0 Å². The number of carbonyl (C=O) groups excluding carboxylic acids is 1. The zero-order chi connectivity index (χ0) is 17.7. The molecular formula is C18H27F2N3O. The largest absolute Gasteiger partial charge is 0.358 e. The van der Waals surface area contributed by atoms with Crippen molar-refractivity contribution in [3.05, 3.63) is 35.4 Å². The van der Waals surface area contributed by atoms with E-state index in [4.69, 9.17) is 0 Å². The van der Waals surface area contributed by atoms with Crippen LogP contribution >= 0.6 is 0 Å². The Balaban J connectivity index is 1.95. The topological polar surface area (TPSA) is 44.4 Å². The van der Waals surface area contributed by atoms with Gasteiger partial charge < -0.3 is 10.6 Å². The minimum atomic E-state index is -0.816. The predicted molar refractivity (Wildman–Crippen MR) is 90.6 cm³/mol. The second-order valence-corrected chi connectivity index (χ2v) is 6.79. The van der Waals surface area contributed by atoms with Gasteiger partial charge in [-0.25, -0.2) is 8.78 Å². The highest BCUT2D eigenvalue weighted by Crippen LogP contribution is 2.25. The van der Waals surface area contributed by atoms with Gasteiger partial charge in [0.15, 0.2) is 11.6 Å². The first-order valence-electron chi connectivity index (χ1n) is 8.54. The molecule has 0 unspecified atom stereocenters. The second-order valence-electron chi connectivity index (χ2n) is 6.79. The number of nitrogens with one attached hydrogen (secondary N) is 2. The molecule has 0 aliphatic carbocycles. The van der Waals surface area contributed by atoms with Gasteiger partial charge in [-0.05, 0) is 36.5 Å². The molecule has 134 valence electrons. The third-order valence-electron chi connectivity index (χ3n) is 4.62. The maximum Gasteiger partial charge on any atom is 0.233 e. The number of hydrogen-bond acceptors (Lipinski definition) is 3. The molecule has 24 heavy (non-hydrogen) atoms. The molecule has 1 aromatic carbocycles. The van der Waals surface area contributed by atoms with Crippen molar-refractivity contribution in [2.75, 3.05) is 26.7 Å². The normalized spacial score (nSPS) is 17.9. The summed E-state index contributed by atoms with van der Waals surface area (Å²) in [6, 6.07) is 4.42. The molecule has 0 saturated carbocycles. The van der Waals surface area contributed by atoms with Crippen LogP contribution in [-0.2, 0) is 4.79 Å². The van der Waals surface area contributed by atoms with Crippen molar-refractivity contribution in [3.63, 3.8) is 0 Å². The van der Waals surface area contributed by atoms with Crippen molar-refractivity contribution >= 4 is 5.91 Å². The van der Waals surface area contributed by atoms with E-state index in [-0.39, 0.29) is 17.9 Å². The van der Waals surface area contributed by atoms with Gasteiger partial charge in [-0.1, -0.05) is 19.9 Å². The van der Waals surface area contributed by atoms with E-state index in [1.54, 1.807) is 13.1 Å². The summed E-state index contributed by atoms with van der Waals surface area (Å²) < 4.78 is 26.7. The molecule has 1 amide bonds. The number of carbonyl (C=O) groups is 1. The van der Waals surface area contributed by atoms with Crippen molar-refractivity contribution in [3.8, 4) is 0 Å². The highest BCUT2D eigenvalue weighted by molar-refractivity contribution is 5.77. The van der Waals surface area contributed by atoms with Crippen LogP contribution in [0.1, 0.15) is 38.3 Å². The molecule has 6 heteroatoms. The van der Waals surface area contributed by atoms with Crippen LogP contribution in [0.2, 0.25) is 0 Å². The lowest BCUT2D eigenvalue weighted by atomic mass is 9.93. The van der Waals surface area contributed by atoms with Crippen molar-refractivity contribution in [1.29, 1.82) is 0 Å². The third kappa shape index (κ3) is 4.98. The highest BCUT2D eigenvalue weighted by atomic mass is 19.2. The van der Waals surface area contributed by atoms with Gasteiger partial charge in [0.25, 0.3) is 0 Å². The smallest absolute Gasteiger partial charge is 0.233 e. The number of benzene rings is 1. The van der Waals surface area contributed by atoms with Crippen LogP contribution < -0.4 is 10.6 Å². The zero-order valence-corrected chi connectivity index (χ0v) is 14.6. The number of piperidine rings is 1. The number of nitrogens with zero attached hydrogens (tertiary/aromatic N) is 1. The molecule has 1 aliphatic heterocycles. The summed E-state index contributed by atoms with van der Waals surface area (Å²) >= 11 is 0. The Bertz CT molecular complexity index is 557. The minimum absolute atomic E-state index is 0.0180. The number of likely N-dealkylation sites (N-methyl/N-ethyl adjacent to an activating group) is 1. The summed E-state index contributed by atoms with van der Waals surface area (Å²) in [6.07, 6.45) is 1.87. The Hall–Kier alpha value is -1.53. The van der Waals surface area contributed by atoms with E-state index in [2.05, 4.69) is 29.4 Å². The van der Waals surface area contributed by atoms with Gasteiger partial charge in [0.05, 0.1) is 6.54 Å². The summed E-state index contributed by atoms with van der Waals surface area (Å²) in [4.78, 5) is 13.6. The van der Waals surface area contributed by atoms with Crippen LogP contribution in [-0.4, -0.2) is 43.5 Å². The van der Waals surface area contributed by atoms with Crippen LogP contribution in [0.3, 0.4) is 0 Å². The first-order chi connectivity index (χ1) is 11.4. The maximum absolute atomic E-state index is 13.5. The van der Waals surface area contributed by atoms with Gasteiger partial charge in [-0.3, -0.25) is 9.69 Å². The Labute approximate surface area is 142 Å². The molecule has 0 aromatic heterocycles. The molecule has 1 aliphatic rings. The van der Waals surface area contributed by atoms with Crippen molar-refractivity contribution in [1.82, 2.24) is 15.5 Å². The van der Waals surface area contributed by atoms with Gasteiger partial charge in [-0.15, -0.1) is 0 Å². The first-order valence-corrected chi connectivity index (χ1v) is 8.54. The number of amides is 1. The third-order valence-corrected chi connectivity index (χ3v) is 4.62. The monoisotopic (exact) mass is 339 g/mol. The summed E-state index contributed by atoms with van der Waals surface area (Å²) in [5, 5.41) is 6.23. The molecular weight excluding hydrogens is 312 g/mol. The quantitative estimate of drug-likeness (QED) is 0.837. The number of halogens is 2. The number of likely N-dealkylation sites (tertiary alicyclic amines) is 1. The molecule has 1 atom stereocenters. The predicted octanol–water partition coefficient (Wildman–Crippen LogP) is 2.46. The van der Waals surface area contributed by atoms with E-state index in [9.17, 15) is 13.6 Å². The van der Waals surface area contributed by atoms with Crippen molar-refractivity contribution in [2.45, 2.75) is 38.8 Å². The molecule has 0 bridgehead atoms. The van der Waals surface area contributed by atoms with Crippen LogP contribution in [0, 0.1) is 17.6 Å². The standard InChI is InChI=1S/C18H27F2N3O/c1-12(2)18(13-4-5-15(19)16(20)10-13)22-14-6-8-23(9-7-14)11-17(24)21-3/h4-5,10,12,14,18,22H,6-9,11H2,1-3H3,(H,21,24)/t18-/m1/s1. The second kappa shape index (κ2) is 8.53. The summed E-state index contributed by atoms with van der Waals surface area (Å²) in [7, 11) is 1.64. The lowest BCUT2D eigenvalue weighted by Gasteiger charge is -2.35.